The number of amides is 2. The molecule has 1 aromatic rings. The first-order chi connectivity index (χ1) is 12.7. The van der Waals surface area contributed by atoms with Crippen LogP contribution in [-0.4, -0.2) is 53.3 Å². The Kier molecular flexibility index (Phi) is 6.57. The number of carbonyl (C=O) groups is 2. The van der Waals surface area contributed by atoms with Gasteiger partial charge in [-0.3, -0.25) is 14.6 Å². The molecule has 2 heterocycles. The van der Waals surface area contributed by atoms with Gasteiger partial charge in [-0.2, -0.15) is 0 Å². The molecule has 2 aliphatic rings. The number of pyridine rings is 1. The molecule has 0 bridgehead atoms. The van der Waals surface area contributed by atoms with Crippen LogP contribution in [0.15, 0.2) is 24.5 Å². The second-order valence-corrected chi connectivity index (χ2v) is 7.12. The van der Waals surface area contributed by atoms with Crippen LogP contribution in [0.1, 0.15) is 37.7 Å². The summed E-state index contributed by atoms with van der Waals surface area (Å²) in [6.45, 7) is 0.423. The van der Waals surface area contributed by atoms with Crippen molar-refractivity contribution in [3.05, 3.63) is 30.1 Å². The number of rotatable bonds is 8. The van der Waals surface area contributed by atoms with E-state index in [0.717, 1.165) is 31.2 Å². The van der Waals surface area contributed by atoms with Crippen molar-refractivity contribution in [2.24, 2.45) is 5.92 Å². The van der Waals surface area contributed by atoms with Gasteiger partial charge in [-0.25, -0.2) is 0 Å². The van der Waals surface area contributed by atoms with Gasteiger partial charge in [0.05, 0.1) is 25.2 Å². The molecule has 7 nitrogen and oxygen atoms in total. The largest absolute Gasteiger partial charge is 0.394 e. The van der Waals surface area contributed by atoms with Crippen LogP contribution in [0.4, 0.5) is 0 Å². The molecule has 1 saturated heterocycles. The number of carbonyl (C=O) groups excluding carboxylic acids is 2. The lowest BCUT2D eigenvalue weighted by molar-refractivity contribution is -0.130. The van der Waals surface area contributed by atoms with Crippen LogP contribution < -0.4 is 10.6 Å². The average molecular weight is 361 g/mol. The average Bonchev–Trinajstić information content (AvgIpc) is 3.49. The fourth-order valence-corrected chi connectivity index (χ4v) is 3.28. The van der Waals surface area contributed by atoms with E-state index in [0.29, 0.717) is 19.4 Å². The molecule has 26 heavy (non-hydrogen) atoms. The van der Waals surface area contributed by atoms with Gasteiger partial charge in [0.1, 0.15) is 6.10 Å². The van der Waals surface area contributed by atoms with Gasteiger partial charge in [-0.1, -0.05) is 0 Å². The van der Waals surface area contributed by atoms with Gasteiger partial charge in [-0.15, -0.1) is 0 Å². The maximum atomic E-state index is 12.0. The summed E-state index contributed by atoms with van der Waals surface area (Å²) in [7, 11) is 0. The maximum Gasteiger partial charge on any atom is 0.224 e. The Labute approximate surface area is 153 Å². The maximum absolute atomic E-state index is 12.0. The molecular weight excluding hydrogens is 334 g/mol. The number of hydrogen-bond acceptors (Lipinski definition) is 5. The van der Waals surface area contributed by atoms with Crippen molar-refractivity contribution in [2.45, 2.75) is 56.8 Å². The molecule has 1 aliphatic carbocycles. The summed E-state index contributed by atoms with van der Waals surface area (Å²) in [6, 6.07) is 3.53. The minimum atomic E-state index is -0.371. The highest BCUT2D eigenvalue weighted by atomic mass is 16.5. The highest BCUT2D eigenvalue weighted by Gasteiger charge is 2.36. The number of aromatic nitrogens is 1. The predicted octanol–water partition coefficient (Wildman–Crippen LogP) is 0.565. The van der Waals surface area contributed by atoms with E-state index in [-0.39, 0.29) is 42.6 Å². The van der Waals surface area contributed by atoms with E-state index >= 15 is 0 Å². The topological polar surface area (TPSA) is 101 Å². The van der Waals surface area contributed by atoms with Gasteiger partial charge in [0.15, 0.2) is 0 Å². The molecule has 1 saturated carbocycles. The van der Waals surface area contributed by atoms with Crippen molar-refractivity contribution in [1.29, 1.82) is 0 Å². The van der Waals surface area contributed by atoms with Crippen molar-refractivity contribution in [1.82, 2.24) is 15.6 Å². The summed E-state index contributed by atoms with van der Waals surface area (Å²) in [5, 5.41) is 15.5. The summed E-state index contributed by atoms with van der Waals surface area (Å²) >= 11 is 0. The van der Waals surface area contributed by atoms with Gasteiger partial charge in [0.25, 0.3) is 0 Å². The second kappa shape index (κ2) is 9.09. The van der Waals surface area contributed by atoms with Gasteiger partial charge in [-0.05, 0) is 49.8 Å². The number of hydrogen-bond donors (Lipinski definition) is 3. The SMILES string of the molecule is O=C(Cc1ccncc1)NCC[C@H]1CC[C@H](NC(=O)C2CC2)[C@H](CO)O1. The number of nitrogens with zero attached hydrogens (tertiary/aromatic N) is 1. The zero-order chi connectivity index (χ0) is 18.4. The minimum Gasteiger partial charge on any atom is -0.394 e. The van der Waals surface area contributed by atoms with Crippen LogP contribution in [-0.2, 0) is 20.7 Å². The lowest BCUT2D eigenvalue weighted by Gasteiger charge is -2.36. The smallest absolute Gasteiger partial charge is 0.224 e. The summed E-state index contributed by atoms with van der Waals surface area (Å²) in [4.78, 5) is 27.8. The van der Waals surface area contributed by atoms with Crippen molar-refractivity contribution >= 4 is 11.8 Å². The highest BCUT2D eigenvalue weighted by Crippen LogP contribution is 2.30. The molecule has 3 rings (SSSR count). The van der Waals surface area contributed by atoms with Gasteiger partial charge in [0, 0.05) is 24.9 Å². The van der Waals surface area contributed by atoms with Crippen LogP contribution in [0, 0.1) is 5.92 Å². The van der Waals surface area contributed by atoms with E-state index in [1.54, 1.807) is 12.4 Å². The Morgan fingerprint density at radius 1 is 1.19 bits per heavy atom. The fraction of sp³-hybridized carbons (Fsp3) is 0.632. The van der Waals surface area contributed by atoms with Crippen molar-refractivity contribution in [3.63, 3.8) is 0 Å². The van der Waals surface area contributed by atoms with E-state index < -0.39 is 0 Å². The van der Waals surface area contributed by atoms with Crippen molar-refractivity contribution in [3.8, 4) is 0 Å². The third kappa shape index (κ3) is 5.51. The number of nitrogens with one attached hydrogen (secondary N) is 2. The summed E-state index contributed by atoms with van der Waals surface area (Å²) in [5.41, 5.74) is 0.931. The lowest BCUT2D eigenvalue weighted by Crippen LogP contribution is -2.51. The Morgan fingerprint density at radius 2 is 1.96 bits per heavy atom. The minimum absolute atomic E-state index is 0.0116. The van der Waals surface area contributed by atoms with Crippen molar-refractivity contribution in [2.75, 3.05) is 13.2 Å². The molecule has 3 N–H and O–H groups in total. The molecule has 2 amide bonds. The second-order valence-electron chi connectivity index (χ2n) is 7.12. The number of aliphatic hydroxyl groups is 1. The van der Waals surface area contributed by atoms with Gasteiger partial charge < -0.3 is 20.5 Å². The fourth-order valence-electron chi connectivity index (χ4n) is 3.28. The Morgan fingerprint density at radius 3 is 2.65 bits per heavy atom. The van der Waals surface area contributed by atoms with Gasteiger partial charge >= 0.3 is 0 Å². The third-order valence-electron chi connectivity index (χ3n) is 4.97. The third-order valence-corrected chi connectivity index (χ3v) is 4.97. The summed E-state index contributed by atoms with van der Waals surface area (Å²) in [6.07, 6.45) is 7.52. The first-order valence-corrected chi connectivity index (χ1v) is 9.38. The van der Waals surface area contributed by atoms with Gasteiger partial charge in [0.2, 0.25) is 11.8 Å². The Hall–Kier alpha value is -1.99. The van der Waals surface area contributed by atoms with Crippen LogP contribution in [0.2, 0.25) is 0 Å². The molecule has 7 heteroatoms. The van der Waals surface area contributed by atoms with E-state index in [4.69, 9.17) is 4.74 Å². The zero-order valence-corrected chi connectivity index (χ0v) is 14.9. The summed E-state index contributed by atoms with van der Waals surface area (Å²) < 4.78 is 5.93. The van der Waals surface area contributed by atoms with E-state index in [1.807, 2.05) is 12.1 Å². The molecule has 3 atom stereocenters. The van der Waals surface area contributed by atoms with E-state index in [1.165, 1.54) is 0 Å². The zero-order valence-electron chi connectivity index (χ0n) is 14.9. The van der Waals surface area contributed by atoms with E-state index in [2.05, 4.69) is 15.6 Å². The highest BCUT2D eigenvalue weighted by molar-refractivity contribution is 5.81. The Bertz CT molecular complexity index is 606. The van der Waals surface area contributed by atoms with Crippen LogP contribution in [0.5, 0.6) is 0 Å². The standard InChI is InChI=1S/C19H27N3O4/c23-12-17-16(22-19(25)14-1-2-14)4-3-15(26-17)7-10-21-18(24)11-13-5-8-20-9-6-13/h5-6,8-9,14-17,23H,1-4,7,10-12H2,(H,21,24)(H,22,25)/t15-,16+,17+/m1/s1. The quantitative estimate of drug-likeness (QED) is 0.628. The molecule has 0 aromatic carbocycles. The monoisotopic (exact) mass is 361 g/mol. The molecule has 0 spiro atoms. The predicted molar refractivity (Wildman–Crippen MR) is 95.2 cm³/mol. The van der Waals surface area contributed by atoms with E-state index in [9.17, 15) is 14.7 Å². The lowest BCUT2D eigenvalue weighted by atomic mass is 9.97. The molecule has 0 radical (unpaired) electrons. The molecule has 1 aliphatic heterocycles. The van der Waals surface area contributed by atoms with Crippen LogP contribution >= 0.6 is 0 Å². The first-order valence-electron chi connectivity index (χ1n) is 9.38. The molecule has 1 aromatic heterocycles. The number of ether oxygens (including phenoxy) is 1. The Balaban J connectivity index is 1.36. The molecule has 142 valence electrons. The first kappa shape index (κ1) is 18.8. The summed E-state index contributed by atoms with van der Waals surface area (Å²) in [5.74, 6) is 0.210. The van der Waals surface area contributed by atoms with Crippen molar-refractivity contribution < 1.29 is 19.4 Å². The molecule has 2 fully saturated rings. The number of aliphatic hydroxyl groups excluding tert-OH is 1. The molecular formula is C19H27N3O4. The molecule has 0 unspecified atom stereocenters. The normalized spacial score (nSPS) is 25.5. The van der Waals surface area contributed by atoms with Crippen LogP contribution in [0.3, 0.4) is 0 Å². The van der Waals surface area contributed by atoms with Crippen LogP contribution in [0.25, 0.3) is 0 Å².